The summed E-state index contributed by atoms with van der Waals surface area (Å²) in [7, 11) is 0. The second kappa shape index (κ2) is 12.5. The molecular weight excluding hydrogens is 514 g/mol. The quantitative estimate of drug-likeness (QED) is 0.246. The monoisotopic (exact) mass is 548 g/mol. The van der Waals surface area contributed by atoms with Crippen LogP contribution in [-0.2, 0) is 13.0 Å². The van der Waals surface area contributed by atoms with Crippen molar-refractivity contribution in [2.45, 2.75) is 77.7 Å². The molecule has 0 amide bonds. The Labute approximate surface area is 231 Å². The van der Waals surface area contributed by atoms with Gasteiger partial charge in [0.1, 0.15) is 5.69 Å². The first-order chi connectivity index (χ1) is 19.5. The number of alkyl halides is 2. The number of tetrazole rings is 1. The van der Waals surface area contributed by atoms with Crippen LogP contribution in [0.4, 0.5) is 8.78 Å². The first kappa shape index (κ1) is 27.6. The van der Waals surface area contributed by atoms with Crippen molar-refractivity contribution < 1.29 is 13.6 Å². The van der Waals surface area contributed by atoms with Crippen molar-refractivity contribution in [3.63, 3.8) is 0 Å². The molecule has 210 valence electrons. The number of hydrogen-bond donors (Lipinski definition) is 1. The number of benzene rings is 2. The molecule has 0 spiro atoms. The van der Waals surface area contributed by atoms with Gasteiger partial charge < -0.3 is 0 Å². The van der Waals surface area contributed by atoms with Crippen LogP contribution in [0.3, 0.4) is 0 Å². The Morgan fingerprint density at radius 3 is 2.42 bits per heavy atom. The largest absolute Gasteiger partial charge is 0.335 e. The summed E-state index contributed by atoms with van der Waals surface area (Å²) < 4.78 is 31.0. The zero-order chi connectivity index (χ0) is 28.1. The van der Waals surface area contributed by atoms with Crippen molar-refractivity contribution in [3.8, 4) is 22.5 Å². The fourth-order valence-electron chi connectivity index (χ4n) is 5.75. The van der Waals surface area contributed by atoms with Gasteiger partial charge in [0.25, 0.3) is 6.43 Å². The molecule has 1 fully saturated rings. The van der Waals surface area contributed by atoms with Gasteiger partial charge in [0.15, 0.2) is 0 Å². The highest BCUT2D eigenvalue weighted by Crippen LogP contribution is 2.31. The third kappa shape index (κ3) is 5.80. The minimum absolute atomic E-state index is 0.105. The second-order valence-electron chi connectivity index (χ2n) is 10.5. The molecule has 0 bridgehead atoms. The lowest BCUT2D eigenvalue weighted by Gasteiger charge is -2.20. The molecule has 10 heteroatoms. The van der Waals surface area contributed by atoms with Crippen LogP contribution in [0.1, 0.15) is 86.5 Å². The first-order valence-corrected chi connectivity index (χ1v) is 14.1. The Balaban J connectivity index is 1.47. The molecule has 4 aromatic rings. The lowest BCUT2D eigenvalue weighted by molar-refractivity contribution is 0.0823. The first-order valence-electron chi connectivity index (χ1n) is 14.1. The number of nitrogens with one attached hydrogen (secondary N) is 1. The molecule has 0 saturated heterocycles. The Bertz CT molecular complexity index is 1490. The average Bonchev–Trinajstić information content (AvgIpc) is 3.60. The summed E-state index contributed by atoms with van der Waals surface area (Å²) in [5.41, 5.74) is 2.56. The fraction of sp³-hybridized carbons (Fsp3) is 0.433. The number of carbonyl (C=O) groups is 1. The van der Waals surface area contributed by atoms with E-state index >= 15 is 0 Å². The van der Waals surface area contributed by atoms with Crippen LogP contribution in [-0.4, -0.2) is 35.7 Å². The molecule has 0 atom stereocenters. The number of nitrogens with zero attached hydrogens (tertiary/aromatic N) is 5. The van der Waals surface area contributed by atoms with E-state index < -0.39 is 23.7 Å². The smallest absolute Gasteiger partial charge is 0.291 e. The number of hydrogen-bond acceptors (Lipinski definition) is 5. The molecule has 0 aliphatic heterocycles. The lowest BCUT2D eigenvalue weighted by Crippen LogP contribution is -2.32. The zero-order valence-electron chi connectivity index (χ0n) is 22.7. The van der Waals surface area contributed by atoms with Crippen LogP contribution < -0.4 is 5.69 Å². The number of aromatic amines is 1. The Kier molecular flexibility index (Phi) is 8.62. The number of carbonyl (C=O) groups excluding carboxylic acids is 1. The van der Waals surface area contributed by atoms with Gasteiger partial charge in [0.05, 0.1) is 6.54 Å². The van der Waals surface area contributed by atoms with Gasteiger partial charge in [-0.25, -0.2) is 18.1 Å². The maximum absolute atomic E-state index is 14.4. The van der Waals surface area contributed by atoms with Gasteiger partial charge in [-0.2, -0.15) is 5.21 Å². The van der Waals surface area contributed by atoms with Crippen molar-refractivity contribution in [2.75, 3.05) is 0 Å². The summed E-state index contributed by atoms with van der Waals surface area (Å²) in [5, 5.41) is 14.3. The number of rotatable bonds is 10. The van der Waals surface area contributed by atoms with Crippen LogP contribution in [0, 0.1) is 5.92 Å². The van der Waals surface area contributed by atoms with Gasteiger partial charge >= 0.3 is 5.69 Å². The van der Waals surface area contributed by atoms with Gasteiger partial charge in [0, 0.05) is 17.7 Å². The number of unbranched alkanes of at least 4 members (excludes halogenated alkanes) is 1. The van der Waals surface area contributed by atoms with Crippen LogP contribution in [0.25, 0.3) is 22.5 Å². The third-order valence-electron chi connectivity index (χ3n) is 7.81. The summed E-state index contributed by atoms with van der Waals surface area (Å²) in [4.78, 5) is 26.9. The van der Waals surface area contributed by atoms with Gasteiger partial charge in [-0.1, -0.05) is 81.1 Å². The van der Waals surface area contributed by atoms with Crippen molar-refractivity contribution >= 4 is 5.91 Å². The number of imidazole rings is 1. The molecule has 1 saturated carbocycles. The van der Waals surface area contributed by atoms with E-state index in [0.717, 1.165) is 65.3 Å². The molecule has 1 N–H and O–H groups in total. The van der Waals surface area contributed by atoms with Crippen molar-refractivity contribution in [3.05, 3.63) is 76.0 Å². The molecule has 8 nitrogen and oxygen atoms in total. The summed E-state index contributed by atoms with van der Waals surface area (Å²) in [6.45, 7) is 2.08. The van der Waals surface area contributed by atoms with Gasteiger partial charge in [-0.15, -0.1) is 10.2 Å². The molecule has 40 heavy (non-hydrogen) atoms. The summed E-state index contributed by atoms with van der Waals surface area (Å²) >= 11 is 0. The second-order valence-corrected chi connectivity index (χ2v) is 10.5. The minimum atomic E-state index is -2.92. The van der Waals surface area contributed by atoms with Gasteiger partial charge in [-0.3, -0.25) is 9.36 Å². The molecule has 1 aliphatic carbocycles. The van der Waals surface area contributed by atoms with Crippen LogP contribution in [0.5, 0.6) is 0 Å². The fourth-order valence-corrected chi connectivity index (χ4v) is 5.75. The Hall–Kier alpha value is -3.95. The van der Waals surface area contributed by atoms with E-state index in [9.17, 15) is 18.4 Å². The summed E-state index contributed by atoms with van der Waals surface area (Å²) in [6, 6.07) is 15.3. The highest BCUT2D eigenvalue weighted by molar-refractivity contribution is 5.81. The Morgan fingerprint density at radius 2 is 1.77 bits per heavy atom. The molecule has 0 radical (unpaired) electrons. The SMILES string of the molecule is CCCCc1c(C(F)F)n(C(=O)CC2CCCCC2)c(=O)n1Cc1ccc(-c2ccccc2-c2nn[nH]n2)cc1. The normalized spacial score (nSPS) is 14.2. The number of H-pyrrole nitrogens is 1. The molecule has 2 heterocycles. The Morgan fingerprint density at radius 1 is 1.05 bits per heavy atom. The lowest BCUT2D eigenvalue weighted by atomic mass is 9.87. The molecule has 5 rings (SSSR count). The van der Waals surface area contributed by atoms with Crippen molar-refractivity contribution in [2.24, 2.45) is 5.92 Å². The number of aromatic nitrogens is 6. The van der Waals surface area contributed by atoms with Gasteiger partial charge in [-0.05, 0) is 53.5 Å². The third-order valence-corrected chi connectivity index (χ3v) is 7.81. The maximum Gasteiger partial charge on any atom is 0.335 e. The molecule has 2 aromatic heterocycles. The standard InChI is InChI=1S/C30H34F2N6O2/c1-2-3-13-25-27(28(31)32)38(26(39)18-20-9-5-4-6-10-20)30(40)37(25)19-21-14-16-22(17-15-21)23-11-7-8-12-24(23)29-33-35-36-34-29/h7-8,11-12,14-17,20,28H,2-6,9-10,13,18-19H2,1H3,(H,33,34,35,36). The topological polar surface area (TPSA) is 98.5 Å². The zero-order valence-corrected chi connectivity index (χ0v) is 22.7. The predicted molar refractivity (Wildman–Crippen MR) is 148 cm³/mol. The van der Waals surface area contributed by atoms with E-state index in [1.54, 1.807) is 0 Å². The molecule has 2 aromatic carbocycles. The minimum Gasteiger partial charge on any atom is -0.291 e. The summed E-state index contributed by atoms with van der Waals surface area (Å²) in [5.74, 6) is 0.103. The van der Waals surface area contributed by atoms with Crippen LogP contribution in [0.15, 0.2) is 53.3 Å². The number of halogens is 2. The molecule has 0 unspecified atom stereocenters. The molecular formula is C30H34F2N6O2. The average molecular weight is 549 g/mol. The highest BCUT2D eigenvalue weighted by Gasteiger charge is 2.30. The maximum atomic E-state index is 14.4. The van der Waals surface area contributed by atoms with E-state index in [2.05, 4.69) is 20.6 Å². The highest BCUT2D eigenvalue weighted by atomic mass is 19.3. The van der Waals surface area contributed by atoms with Gasteiger partial charge in [0.2, 0.25) is 11.7 Å². The van der Waals surface area contributed by atoms with E-state index in [1.165, 1.54) is 4.57 Å². The van der Waals surface area contributed by atoms with E-state index in [-0.39, 0.29) is 24.6 Å². The van der Waals surface area contributed by atoms with E-state index in [0.29, 0.717) is 18.7 Å². The molecule has 1 aliphatic rings. The van der Waals surface area contributed by atoms with Crippen LogP contribution in [0.2, 0.25) is 0 Å². The van der Waals surface area contributed by atoms with Crippen LogP contribution >= 0.6 is 0 Å². The summed E-state index contributed by atoms with van der Waals surface area (Å²) in [6.07, 6.45) is 3.95. The van der Waals surface area contributed by atoms with E-state index in [4.69, 9.17) is 0 Å². The van der Waals surface area contributed by atoms with Crippen molar-refractivity contribution in [1.29, 1.82) is 0 Å². The van der Waals surface area contributed by atoms with E-state index in [1.807, 2.05) is 55.5 Å². The van der Waals surface area contributed by atoms with Crippen molar-refractivity contribution in [1.82, 2.24) is 29.8 Å². The predicted octanol–water partition coefficient (Wildman–Crippen LogP) is 6.44.